The molecule has 0 aliphatic rings. The van der Waals surface area contributed by atoms with Crippen molar-refractivity contribution in [1.29, 1.82) is 0 Å². The van der Waals surface area contributed by atoms with Gasteiger partial charge in [0, 0.05) is 49.7 Å². The maximum absolute atomic E-state index is 11.5. The van der Waals surface area contributed by atoms with Gasteiger partial charge in [-0.05, 0) is 11.5 Å². The summed E-state index contributed by atoms with van der Waals surface area (Å²) < 4.78 is 0. The molecule has 3 rings (SSSR count). The average Bonchev–Trinajstić information content (AvgIpc) is 2.67. The Labute approximate surface area is 200 Å². The van der Waals surface area contributed by atoms with Gasteiger partial charge in [0.15, 0.2) is 5.78 Å². The molecule has 0 bridgehead atoms. The van der Waals surface area contributed by atoms with Crippen LogP contribution in [0.25, 0.3) is 22.0 Å². The zero-order valence-corrected chi connectivity index (χ0v) is 21.7. The van der Waals surface area contributed by atoms with Gasteiger partial charge in [-0.15, -0.1) is 35.4 Å². The third-order valence-corrected chi connectivity index (χ3v) is 4.67. The van der Waals surface area contributed by atoms with Gasteiger partial charge in [-0.3, -0.25) is 9.78 Å². The van der Waals surface area contributed by atoms with Crippen LogP contribution in [-0.4, -0.2) is 15.9 Å². The first-order valence-corrected chi connectivity index (χ1v) is 10.2. The molecule has 168 valence electrons. The first-order valence-electron chi connectivity index (χ1n) is 10.2. The number of aromatic nitrogens is 1. The SMILES string of the molecule is CC(C)(C)C(=O)/C=C(\O)C(C)(C)C.Cc1c[c-]c(-c2cccc3cccnc23)cc1.[Pt]. The predicted molar refractivity (Wildman–Crippen MR) is 125 cm³/mol. The predicted octanol–water partition coefficient (Wildman–Crippen LogP) is 7.10. The molecule has 1 N–H and O–H groups in total. The summed E-state index contributed by atoms with van der Waals surface area (Å²) >= 11 is 0. The fourth-order valence-corrected chi connectivity index (χ4v) is 2.55. The van der Waals surface area contributed by atoms with Gasteiger partial charge in [-0.25, -0.2) is 0 Å². The number of fused-ring (bicyclic) bond motifs is 1. The van der Waals surface area contributed by atoms with E-state index in [-0.39, 0.29) is 38.0 Å². The van der Waals surface area contributed by atoms with E-state index in [1.165, 1.54) is 17.0 Å². The first kappa shape index (κ1) is 26.8. The Bertz CT molecular complexity index is 1030. The number of nitrogens with zero attached hydrogens (tertiary/aromatic N) is 1. The smallest absolute Gasteiger partial charge is 0.164 e. The molecule has 0 saturated heterocycles. The molecule has 0 spiro atoms. The number of hydrogen-bond acceptors (Lipinski definition) is 3. The van der Waals surface area contributed by atoms with Gasteiger partial charge in [-0.1, -0.05) is 78.3 Å². The molecule has 3 nitrogen and oxygen atoms in total. The third-order valence-electron chi connectivity index (χ3n) is 4.67. The van der Waals surface area contributed by atoms with E-state index in [0.717, 1.165) is 16.6 Å². The van der Waals surface area contributed by atoms with Gasteiger partial charge in [-0.2, -0.15) is 0 Å². The Balaban J connectivity index is 0.000000314. The van der Waals surface area contributed by atoms with Crippen molar-refractivity contribution in [3.8, 4) is 11.1 Å². The molecule has 0 aliphatic heterocycles. The van der Waals surface area contributed by atoms with E-state index < -0.39 is 5.41 Å². The zero-order chi connectivity index (χ0) is 22.5. The Morgan fingerprint density at radius 3 is 2.16 bits per heavy atom. The second-order valence-electron chi connectivity index (χ2n) is 9.55. The summed E-state index contributed by atoms with van der Waals surface area (Å²) in [6, 6.07) is 19.8. The van der Waals surface area contributed by atoms with Crippen molar-refractivity contribution < 1.29 is 31.0 Å². The maximum Gasteiger partial charge on any atom is 0.164 e. The normalized spacial score (nSPS) is 11.9. The van der Waals surface area contributed by atoms with Crippen molar-refractivity contribution in [2.75, 3.05) is 0 Å². The quantitative estimate of drug-likeness (QED) is 0.195. The molecular weight excluding hydrogens is 565 g/mol. The summed E-state index contributed by atoms with van der Waals surface area (Å²) in [7, 11) is 0. The second-order valence-corrected chi connectivity index (χ2v) is 9.55. The number of rotatable bonds is 2. The summed E-state index contributed by atoms with van der Waals surface area (Å²) in [4.78, 5) is 15.9. The van der Waals surface area contributed by atoms with Gasteiger partial charge < -0.3 is 5.11 Å². The summed E-state index contributed by atoms with van der Waals surface area (Å²) in [6.45, 7) is 13.2. The van der Waals surface area contributed by atoms with Crippen LogP contribution in [0.3, 0.4) is 0 Å². The number of carbonyl (C=O) groups is 1. The maximum atomic E-state index is 11.5. The van der Waals surface area contributed by atoms with Crippen LogP contribution in [0.5, 0.6) is 0 Å². The van der Waals surface area contributed by atoms with E-state index in [0.29, 0.717) is 0 Å². The number of aliphatic hydroxyl groups excluding tert-OH is 1. The van der Waals surface area contributed by atoms with Crippen LogP contribution in [0.1, 0.15) is 47.1 Å². The van der Waals surface area contributed by atoms with Crippen LogP contribution >= 0.6 is 0 Å². The molecule has 0 saturated carbocycles. The van der Waals surface area contributed by atoms with Crippen LogP contribution in [0.15, 0.2) is 66.6 Å². The van der Waals surface area contributed by atoms with Crippen LogP contribution in [0, 0.1) is 23.8 Å². The topological polar surface area (TPSA) is 50.2 Å². The Hall–Kier alpha value is -2.25. The van der Waals surface area contributed by atoms with Crippen LogP contribution in [-0.2, 0) is 25.9 Å². The number of para-hydroxylation sites is 1. The van der Waals surface area contributed by atoms with E-state index in [9.17, 15) is 9.90 Å². The number of allylic oxidation sites excluding steroid dienone is 2. The zero-order valence-electron chi connectivity index (χ0n) is 19.4. The second kappa shape index (κ2) is 10.9. The van der Waals surface area contributed by atoms with Crippen molar-refractivity contribution in [2.45, 2.75) is 48.5 Å². The van der Waals surface area contributed by atoms with Crippen LogP contribution in [0.2, 0.25) is 0 Å². The molecule has 0 amide bonds. The fourth-order valence-electron chi connectivity index (χ4n) is 2.55. The standard InChI is InChI=1S/C16H12N.C11H20O2.Pt/c1-12-7-9-13(10-8-12)15-6-2-4-14-5-3-11-17-16(14)15;1-10(2,3)8(12)7-9(13)11(4,5)6;/h2-9,11H,1H3;7,12H,1-6H3;/q-1;;/b;8-7-;. The fraction of sp³-hybridized carbons (Fsp3) is 0.333. The molecule has 0 aliphatic carbocycles. The van der Waals surface area contributed by atoms with Crippen molar-refractivity contribution in [3.63, 3.8) is 0 Å². The molecule has 0 fully saturated rings. The van der Waals surface area contributed by atoms with E-state index in [2.05, 4.69) is 54.4 Å². The molecular formula is C27H32NO2Pt-. The minimum atomic E-state index is -0.417. The monoisotopic (exact) mass is 597 g/mol. The van der Waals surface area contributed by atoms with Gasteiger partial charge in [0.05, 0.1) is 0 Å². The van der Waals surface area contributed by atoms with Crippen molar-refractivity contribution in [1.82, 2.24) is 4.98 Å². The molecule has 0 atom stereocenters. The van der Waals surface area contributed by atoms with Crippen molar-refractivity contribution in [3.05, 3.63) is 78.2 Å². The number of ketones is 1. The number of carbonyl (C=O) groups excluding carboxylic acids is 1. The van der Waals surface area contributed by atoms with Crippen molar-refractivity contribution >= 4 is 16.7 Å². The number of hydrogen-bond donors (Lipinski definition) is 1. The van der Waals surface area contributed by atoms with E-state index in [1.807, 2.05) is 59.9 Å². The van der Waals surface area contributed by atoms with E-state index in [4.69, 9.17) is 0 Å². The Kier molecular flexibility index (Phi) is 9.39. The Morgan fingerprint density at radius 1 is 0.968 bits per heavy atom. The molecule has 2 aromatic carbocycles. The summed E-state index contributed by atoms with van der Waals surface area (Å²) in [5, 5.41) is 10.7. The molecule has 0 unspecified atom stereocenters. The molecule has 31 heavy (non-hydrogen) atoms. The molecule has 0 radical (unpaired) electrons. The van der Waals surface area contributed by atoms with Crippen LogP contribution in [0.4, 0.5) is 0 Å². The summed E-state index contributed by atoms with van der Waals surface area (Å²) in [5.41, 5.74) is 3.74. The average molecular weight is 598 g/mol. The van der Waals surface area contributed by atoms with Crippen molar-refractivity contribution in [2.24, 2.45) is 10.8 Å². The minimum absolute atomic E-state index is 0. The van der Waals surface area contributed by atoms with Gasteiger partial charge >= 0.3 is 0 Å². The minimum Gasteiger partial charge on any atom is -0.512 e. The number of pyridine rings is 1. The Morgan fingerprint density at radius 2 is 1.61 bits per heavy atom. The van der Waals surface area contributed by atoms with Gasteiger partial charge in [0.25, 0.3) is 0 Å². The number of aliphatic hydroxyl groups is 1. The molecule has 1 heterocycles. The first-order chi connectivity index (χ1) is 13.9. The van der Waals surface area contributed by atoms with Crippen LogP contribution < -0.4 is 0 Å². The summed E-state index contributed by atoms with van der Waals surface area (Å²) in [5.74, 6) is 0.104. The molecule has 4 heteroatoms. The largest absolute Gasteiger partial charge is 0.512 e. The van der Waals surface area contributed by atoms with E-state index >= 15 is 0 Å². The number of aryl methyl sites for hydroxylation is 1. The van der Waals surface area contributed by atoms with E-state index in [1.54, 1.807) is 0 Å². The van der Waals surface area contributed by atoms with Gasteiger partial charge in [0.1, 0.15) is 5.76 Å². The molecule has 3 aromatic rings. The summed E-state index contributed by atoms with van der Waals surface area (Å²) in [6.07, 6.45) is 3.17. The molecule has 1 aromatic heterocycles. The third kappa shape index (κ3) is 7.74. The number of benzene rings is 2. The van der Waals surface area contributed by atoms with Gasteiger partial charge in [0.2, 0.25) is 0 Å².